The van der Waals surface area contributed by atoms with E-state index in [9.17, 15) is 4.79 Å². The van der Waals surface area contributed by atoms with Gasteiger partial charge in [-0.05, 0) is 58.7 Å². The first-order valence-electron chi connectivity index (χ1n) is 9.45. The fourth-order valence-corrected chi connectivity index (χ4v) is 4.05. The summed E-state index contributed by atoms with van der Waals surface area (Å²) in [6.07, 6.45) is 1.71. The number of amides is 1. The van der Waals surface area contributed by atoms with Gasteiger partial charge in [0, 0.05) is 38.2 Å². The molecule has 4 rings (SSSR count). The van der Waals surface area contributed by atoms with Crippen molar-refractivity contribution in [2.24, 2.45) is 5.10 Å². The van der Waals surface area contributed by atoms with Crippen molar-refractivity contribution in [2.45, 2.75) is 13.5 Å². The molecule has 0 fully saturated rings. The summed E-state index contributed by atoms with van der Waals surface area (Å²) in [6, 6.07) is 23.3. The number of rotatable bonds is 5. The molecule has 1 heterocycles. The number of aromatic nitrogens is 1. The third-order valence-electron chi connectivity index (χ3n) is 5.01. The predicted octanol–water partition coefficient (Wildman–Crippen LogP) is 6.18. The quantitative estimate of drug-likeness (QED) is 0.269. The fraction of sp³-hybridized carbons (Fsp3) is 0.0833. The Kier molecular flexibility index (Phi) is 6.02. The zero-order chi connectivity index (χ0) is 21.1. The summed E-state index contributed by atoms with van der Waals surface area (Å²) in [5.41, 5.74) is 7.49. The molecule has 3 aromatic carbocycles. The molecule has 1 amide bonds. The van der Waals surface area contributed by atoms with E-state index < -0.39 is 0 Å². The molecule has 0 saturated heterocycles. The number of hydrazone groups is 1. The first kappa shape index (κ1) is 20.4. The van der Waals surface area contributed by atoms with E-state index in [0.717, 1.165) is 43.8 Å². The van der Waals surface area contributed by atoms with Gasteiger partial charge >= 0.3 is 0 Å². The molecular formula is C24H19BrClN3O. The summed E-state index contributed by atoms with van der Waals surface area (Å²) in [6.45, 7) is 2.79. The summed E-state index contributed by atoms with van der Waals surface area (Å²) >= 11 is 9.41. The van der Waals surface area contributed by atoms with Gasteiger partial charge in [0.1, 0.15) is 0 Å². The number of fused-ring (bicyclic) bond motifs is 1. The first-order chi connectivity index (χ1) is 14.5. The molecule has 0 bridgehead atoms. The highest BCUT2D eigenvalue weighted by Gasteiger charge is 2.13. The highest BCUT2D eigenvalue weighted by molar-refractivity contribution is 9.10. The number of para-hydroxylation sites is 1. The van der Waals surface area contributed by atoms with E-state index in [1.54, 1.807) is 12.3 Å². The molecule has 0 spiro atoms. The number of nitrogens with one attached hydrogen (secondary N) is 1. The summed E-state index contributed by atoms with van der Waals surface area (Å²) in [4.78, 5) is 12.4. The standard InChI is InChI=1S/C24H19BrClN3O/c1-16-21(14-27-28-24(30)20-7-2-4-8-22(20)25)19-6-3-5-9-23(19)29(16)15-17-10-12-18(26)13-11-17/h2-14H,15H2,1H3,(H,28,30)/b27-14+. The minimum absolute atomic E-state index is 0.263. The van der Waals surface area contributed by atoms with Gasteiger partial charge in [-0.1, -0.05) is 54.1 Å². The van der Waals surface area contributed by atoms with Crippen LogP contribution in [-0.4, -0.2) is 16.7 Å². The number of hydrogen-bond donors (Lipinski definition) is 1. The van der Waals surface area contributed by atoms with Crippen LogP contribution in [0, 0.1) is 6.92 Å². The maximum absolute atomic E-state index is 12.4. The van der Waals surface area contributed by atoms with Crippen LogP contribution >= 0.6 is 27.5 Å². The Balaban J connectivity index is 1.63. The minimum Gasteiger partial charge on any atom is -0.340 e. The third kappa shape index (κ3) is 4.18. The average molecular weight is 481 g/mol. The normalized spacial score (nSPS) is 11.3. The molecule has 0 radical (unpaired) electrons. The summed E-state index contributed by atoms with van der Waals surface area (Å²) in [7, 11) is 0. The van der Waals surface area contributed by atoms with E-state index in [-0.39, 0.29) is 5.91 Å². The minimum atomic E-state index is -0.263. The van der Waals surface area contributed by atoms with Gasteiger partial charge in [-0.3, -0.25) is 4.79 Å². The predicted molar refractivity (Wildman–Crippen MR) is 126 cm³/mol. The SMILES string of the molecule is Cc1c(/C=N/NC(=O)c2ccccc2Br)c2ccccc2n1Cc1ccc(Cl)cc1. The topological polar surface area (TPSA) is 46.4 Å². The molecule has 30 heavy (non-hydrogen) atoms. The van der Waals surface area contributed by atoms with E-state index in [0.29, 0.717) is 5.56 Å². The molecule has 6 heteroatoms. The lowest BCUT2D eigenvalue weighted by atomic mass is 10.1. The van der Waals surface area contributed by atoms with Crippen LogP contribution in [-0.2, 0) is 6.54 Å². The van der Waals surface area contributed by atoms with Gasteiger partial charge in [0.2, 0.25) is 0 Å². The van der Waals surface area contributed by atoms with Gasteiger partial charge in [-0.25, -0.2) is 5.43 Å². The molecule has 150 valence electrons. The molecule has 0 aliphatic carbocycles. The van der Waals surface area contributed by atoms with E-state index >= 15 is 0 Å². The number of halogens is 2. The van der Waals surface area contributed by atoms with Crippen LogP contribution < -0.4 is 5.43 Å². The second-order valence-electron chi connectivity index (χ2n) is 6.91. The Bertz CT molecular complexity index is 1250. The lowest BCUT2D eigenvalue weighted by Crippen LogP contribution is -2.18. The highest BCUT2D eigenvalue weighted by Crippen LogP contribution is 2.26. The monoisotopic (exact) mass is 479 g/mol. The van der Waals surface area contributed by atoms with Crippen molar-refractivity contribution >= 4 is 50.6 Å². The maximum Gasteiger partial charge on any atom is 0.272 e. The van der Waals surface area contributed by atoms with Gasteiger partial charge in [0.05, 0.1) is 11.8 Å². The fourth-order valence-electron chi connectivity index (χ4n) is 3.46. The maximum atomic E-state index is 12.4. The van der Waals surface area contributed by atoms with Crippen molar-refractivity contribution in [3.63, 3.8) is 0 Å². The zero-order valence-electron chi connectivity index (χ0n) is 16.3. The van der Waals surface area contributed by atoms with Crippen LogP contribution in [0.15, 0.2) is 82.4 Å². The van der Waals surface area contributed by atoms with Crippen molar-refractivity contribution in [3.05, 3.63) is 105 Å². The Morgan fingerprint density at radius 3 is 2.53 bits per heavy atom. The average Bonchev–Trinajstić information content (AvgIpc) is 3.01. The molecule has 0 unspecified atom stereocenters. The second-order valence-corrected chi connectivity index (χ2v) is 8.20. The van der Waals surface area contributed by atoms with Crippen LogP contribution in [0.5, 0.6) is 0 Å². The van der Waals surface area contributed by atoms with Crippen LogP contribution in [0.2, 0.25) is 5.02 Å². The molecule has 1 aromatic heterocycles. The Morgan fingerprint density at radius 1 is 1.07 bits per heavy atom. The van der Waals surface area contributed by atoms with Gasteiger partial charge in [-0.2, -0.15) is 5.10 Å². The van der Waals surface area contributed by atoms with E-state index in [2.05, 4.69) is 50.1 Å². The molecule has 4 nitrogen and oxygen atoms in total. The summed E-state index contributed by atoms with van der Waals surface area (Å²) < 4.78 is 2.98. The van der Waals surface area contributed by atoms with Crippen LogP contribution in [0.4, 0.5) is 0 Å². The molecule has 4 aromatic rings. The van der Waals surface area contributed by atoms with Gasteiger partial charge in [0.15, 0.2) is 0 Å². The van der Waals surface area contributed by atoms with Crippen LogP contribution in [0.3, 0.4) is 0 Å². The summed E-state index contributed by atoms with van der Waals surface area (Å²) in [5, 5.41) is 6.04. The number of benzene rings is 3. The number of hydrogen-bond acceptors (Lipinski definition) is 2. The van der Waals surface area contributed by atoms with E-state index in [1.165, 1.54) is 0 Å². The molecule has 1 N–H and O–H groups in total. The number of nitrogens with zero attached hydrogens (tertiary/aromatic N) is 2. The highest BCUT2D eigenvalue weighted by atomic mass is 79.9. The van der Waals surface area contributed by atoms with E-state index in [1.807, 2.05) is 54.6 Å². The second kappa shape index (κ2) is 8.86. The van der Waals surface area contributed by atoms with Gasteiger partial charge in [0.25, 0.3) is 5.91 Å². The molecule has 0 atom stereocenters. The zero-order valence-corrected chi connectivity index (χ0v) is 18.6. The Morgan fingerprint density at radius 2 is 1.77 bits per heavy atom. The molecule has 0 aliphatic rings. The van der Waals surface area contributed by atoms with Gasteiger partial charge in [-0.15, -0.1) is 0 Å². The van der Waals surface area contributed by atoms with Crippen molar-refractivity contribution in [3.8, 4) is 0 Å². The lowest BCUT2D eigenvalue weighted by molar-refractivity contribution is 0.0954. The van der Waals surface area contributed by atoms with Crippen molar-refractivity contribution in [1.29, 1.82) is 0 Å². The van der Waals surface area contributed by atoms with Crippen LogP contribution in [0.25, 0.3) is 10.9 Å². The number of carbonyl (C=O) groups is 1. The van der Waals surface area contributed by atoms with Crippen molar-refractivity contribution < 1.29 is 4.79 Å². The van der Waals surface area contributed by atoms with Crippen molar-refractivity contribution in [1.82, 2.24) is 9.99 Å². The largest absolute Gasteiger partial charge is 0.340 e. The van der Waals surface area contributed by atoms with Gasteiger partial charge < -0.3 is 4.57 Å². The Hall–Kier alpha value is -2.89. The van der Waals surface area contributed by atoms with E-state index in [4.69, 9.17) is 11.6 Å². The molecule has 0 saturated carbocycles. The number of carbonyl (C=O) groups excluding carboxylic acids is 1. The smallest absolute Gasteiger partial charge is 0.272 e. The molecular weight excluding hydrogens is 462 g/mol. The lowest BCUT2D eigenvalue weighted by Gasteiger charge is -2.09. The van der Waals surface area contributed by atoms with Crippen molar-refractivity contribution in [2.75, 3.05) is 0 Å². The first-order valence-corrected chi connectivity index (χ1v) is 10.6. The third-order valence-corrected chi connectivity index (χ3v) is 5.96. The summed E-state index contributed by atoms with van der Waals surface area (Å²) in [5.74, 6) is -0.263. The molecule has 0 aliphatic heterocycles. The Labute approximate surface area is 188 Å². The van der Waals surface area contributed by atoms with Crippen LogP contribution in [0.1, 0.15) is 27.2 Å².